The SMILES string of the molecule is c1ccc(-n2c(-c3ccc(-c4cc5c(cc4-c4cccc6ncccc46)C(c4ccccc4)(c4ccccc4)c4ccccc4-5)cc3)nc3ccccc32)cc1. The van der Waals surface area contributed by atoms with Gasteiger partial charge >= 0.3 is 0 Å². The monoisotopic (exact) mass is 713 g/mol. The van der Waals surface area contributed by atoms with Gasteiger partial charge in [0.1, 0.15) is 5.82 Å². The summed E-state index contributed by atoms with van der Waals surface area (Å²) in [6.45, 7) is 0. The number of hydrogen-bond acceptors (Lipinski definition) is 2. The zero-order valence-corrected chi connectivity index (χ0v) is 30.5. The lowest BCUT2D eigenvalue weighted by atomic mass is 9.67. The number of hydrogen-bond donors (Lipinski definition) is 0. The zero-order valence-electron chi connectivity index (χ0n) is 30.5. The van der Waals surface area contributed by atoms with Crippen molar-refractivity contribution in [3.05, 3.63) is 235 Å². The van der Waals surface area contributed by atoms with Crippen LogP contribution in [0.5, 0.6) is 0 Å². The molecular weight excluding hydrogens is 679 g/mol. The van der Waals surface area contributed by atoms with Crippen molar-refractivity contribution < 1.29 is 0 Å². The standard InChI is InChI=1S/C53H35N3/c1-4-16-38(17-5-1)53(39-18-6-2-7-19-39)47-25-11-10-22-42(47)46-34-44(45(35-48(46)53)41-23-14-27-49-43(41)24-15-33-54-49)36-29-31-37(32-30-36)52-55-50-26-12-13-28-51(50)56(52)40-20-8-3-9-21-40/h1-35H. The highest BCUT2D eigenvalue weighted by molar-refractivity contribution is 6.02. The summed E-state index contributed by atoms with van der Waals surface area (Å²) >= 11 is 0. The van der Waals surface area contributed by atoms with Gasteiger partial charge in [0, 0.05) is 22.8 Å². The first-order valence-corrected chi connectivity index (χ1v) is 19.2. The molecule has 56 heavy (non-hydrogen) atoms. The Morgan fingerprint density at radius 1 is 0.393 bits per heavy atom. The molecule has 0 atom stereocenters. The quantitative estimate of drug-likeness (QED) is 0.172. The fourth-order valence-electron chi connectivity index (χ4n) is 9.14. The van der Waals surface area contributed by atoms with E-state index in [1.54, 1.807) is 0 Å². The average Bonchev–Trinajstić information content (AvgIpc) is 3.81. The molecule has 11 rings (SSSR count). The summed E-state index contributed by atoms with van der Waals surface area (Å²) in [5.41, 5.74) is 16.9. The van der Waals surface area contributed by atoms with Gasteiger partial charge in [0.25, 0.3) is 0 Å². The number of rotatable bonds is 6. The van der Waals surface area contributed by atoms with Crippen molar-refractivity contribution in [1.29, 1.82) is 0 Å². The van der Waals surface area contributed by atoms with E-state index in [2.05, 4.69) is 205 Å². The molecule has 0 bridgehead atoms. The van der Waals surface area contributed by atoms with Crippen LogP contribution in [0.4, 0.5) is 0 Å². The predicted octanol–water partition coefficient (Wildman–Crippen LogP) is 12.9. The molecule has 3 nitrogen and oxygen atoms in total. The summed E-state index contributed by atoms with van der Waals surface area (Å²) in [6.07, 6.45) is 1.88. The maximum absolute atomic E-state index is 5.16. The van der Waals surface area contributed by atoms with E-state index in [9.17, 15) is 0 Å². The van der Waals surface area contributed by atoms with Crippen molar-refractivity contribution in [3.63, 3.8) is 0 Å². The van der Waals surface area contributed by atoms with Gasteiger partial charge in [-0.25, -0.2) is 4.98 Å². The number of nitrogens with zero attached hydrogens (tertiary/aromatic N) is 3. The summed E-state index contributed by atoms with van der Waals surface area (Å²) < 4.78 is 2.26. The molecule has 1 aliphatic rings. The maximum atomic E-state index is 5.16. The van der Waals surface area contributed by atoms with Crippen LogP contribution in [0, 0.1) is 0 Å². The second-order valence-electron chi connectivity index (χ2n) is 14.5. The molecule has 10 aromatic rings. The van der Waals surface area contributed by atoms with E-state index in [1.807, 2.05) is 12.3 Å². The summed E-state index contributed by atoms with van der Waals surface area (Å²) in [4.78, 5) is 9.95. The summed E-state index contributed by atoms with van der Waals surface area (Å²) in [7, 11) is 0. The van der Waals surface area contributed by atoms with Crippen molar-refractivity contribution in [2.24, 2.45) is 0 Å². The number of imidazole rings is 1. The van der Waals surface area contributed by atoms with Gasteiger partial charge in [-0.1, -0.05) is 158 Å². The Balaban J connectivity index is 1.18. The average molecular weight is 714 g/mol. The molecule has 0 spiro atoms. The molecule has 2 heterocycles. The predicted molar refractivity (Wildman–Crippen MR) is 230 cm³/mol. The first kappa shape index (κ1) is 32.1. The molecule has 0 saturated heterocycles. The third-order valence-corrected chi connectivity index (χ3v) is 11.6. The molecule has 0 aliphatic heterocycles. The fraction of sp³-hybridized carbons (Fsp3) is 0.0189. The van der Waals surface area contributed by atoms with Gasteiger partial charge in [-0.15, -0.1) is 0 Å². The highest BCUT2D eigenvalue weighted by Gasteiger charge is 2.46. The third kappa shape index (κ3) is 4.84. The zero-order chi connectivity index (χ0) is 37.1. The molecule has 0 unspecified atom stereocenters. The minimum Gasteiger partial charge on any atom is -0.292 e. The van der Waals surface area contributed by atoms with E-state index in [0.29, 0.717) is 0 Å². The van der Waals surface area contributed by atoms with Crippen molar-refractivity contribution in [1.82, 2.24) is 14.5 Å². The minimum atomic E-state index is -0.509. The molecule has 8 aromatic carbocycles. The summed E-state index contributed by atoms with van der Waals surface area (Å²) in [5, 5.41) is 1.13. The molecule has 2 aromatic heterocycles. The minimum absolute atomic E-state index is 0.509. The number of fused-ring (bicyclic) bond motifs is 5. The smallest absolute Gasteiger partial charge is 0.145 e. The molecule has 1 aliphatic carbocycles. The number of benzene rings is 8. The van der Waals surface area contributed by atoms with E-state index in [1.165, 1.54) is 44.5 Å². The van der Waals surface area contributed by atoms with Gasteiger partial charge < -0.3 is 0 Å². The molecule has 0 amide bonds. The molecule has 0 N–H and O–H groups in total. The Morgan fingerprint density at radius 3 is 1.79 bits per heavy atom. The van der Waals surface area contributed by atoms with Crippen LogP contribution in [-0.2, 0) is 5.41 Å². The van der Waals surface area contributed by atoms with Crippen molar-refractivity contribution in [2.75, 3.05) is 0 Å². The lowest BCUT2D eigenvalue weighted by Crippen LogP contribution is -2.28. The van der Waals surface area contributed by atoms with Gasteiger partial charge in [-0.3, -0.25) is 9.55 Å². The second kappa shape index (κ2) is 12.9. The van der Waals surface area contributed by atoms with E-state index >= 15 is 0 Å². The van der Waals surface area contributed by atoms with Crippen LogP contribution in [0.15, 0.2) is 212 Å². The Bertz CT molecular complexity index is 3010. The van der Waals surface area contributed by atoms with E-state index in [0.717, 1.165) is 50.1 Å². The Labute approximate surface area is 325 Å². The van der Waals surface area contributed by atoms with Crippen molar-refractivity contribution >= 4 is 21.9 Å². The summed E-state index contributed by atoms with van der Waals surface area (Å²) in [6, 6.07) is 74.5. The van der Waals surface area contributed by atoms with Crippen LogP contribution in [0.1, 0.15) is 22.3 Å². The lowest BCUT2D eigenvalue weighted by molar-refractivity contribution is 0.769. The Hall–Kier alpha value is -7.36. The lowest BCUT2D eigenvalue weighted by Gasteiger charge is -2.34. The number of pyridine rings is 1. The number of para-hydroxylation sites is 3. The second-order valence-corrected chi connectivity index (χ2v) is 14.5. The maximum Gasteiger partial charge on any atom is 0.145 e. The van der Waals surface area contributed by atoms with Gasteiger partial charge in [-0.2, -0.15) is 0 Å². The Kier molecular flexibility index (Phi) is 7.39. The first-order valence-electron chi connectivity index (χ1n) is 19.2. The first-order chi connectivity index (χ1) is 27.8. The van der Waals surface area contributed by atoms with Crippen LogP contribution >= 0.6 is 0 Å². The molecule has 0 saturated carbocycles. The van der Waals surface area contributed by atoms with E-state index < -0.39 is 5.41 Å². The molecule has 0 fully saturated rings. The van der Waals surface area contributed by atoms with E-state index in [-0.39, 0.29) is 0 Å². The van der Waals surface area contributed by atoms with Crippen molar-refractivity contribution in [2.45, 2.75) is 5.41 Å². The van der Waals surface area contributed by atoms with Crippen LogP contribution in [0.3, 0.4) is 0 Å². The number of aromatic nitrogens is 3. The van der Waals surface area contributed by atoms with Gasteiger partial charge in [0.2, 0.25) is 0 Å². The molecule has 3 heteroatoms. The normalized spacial score (nSPS) is 12.8. The molecule has 0 radical (unpaired) electrons. The Morgan fingerprint density at radius 2 is 1.02 bits per heavy atom. The third-order valence-electron chi connectivity index (χ3n) is 11.6. The highest BCUT2D eigenvalue weighted by atomic mass is 15.1. The van der Waals surface area contributed by atoms with Crippen LogP contribution in [0.2, 0.25) is 0 Å². The summed E-state index contributed by atoms with van der Waals surface area (Å²) in [5.74, 6) is 0.919. The van der Waals surface area contributed by atoms with Crippen LogP contribution in [0.25, 0.3) is 72.4 Å². The van der Waals surface area contributed by atoms with Gasteiger partial charge in [-0.05, 0) is 104 Å². The van der Waals surface area contributed by atoms with Crippen LogP contribution in [-0.4, -0.2) is 14.5 Å². The topological polar surface area (TPSA) is 30.7 Å². The van der Waals surface area contributed by atoms with Crippen LogP contribution < -0.4 is 0 Å². The molecule has 262 valence electrons. The van der Waals surface area contributed by atoms with Crippen molar-refractivity contribution in [3.8, 4) is 50.5 Å². The highest BCUT2D eigenvalue weighted by Crippen LogP contribution is 2.58. The molecular formula is C53H35N3. The van der Waals surface area contributed by atoms with Gasteiger partial charge in [0.15, 0.2) is 0 Å². The largest absolute Gasteiger partial charge is 0.292 e. The fourth-order valence-corrected chi connectivity index (χ4v) is 9.14. The van der Waals surface area contributed by atoms with E-state index in [4.69, 9.17) is 9.97 Å². The van der Waals surface area contributed by atoms with Gasteiger partial charge in [0.05, 0.1) is 22.0 Å².